The first kappa shape index (κ1) is 38.1. The van der Waals surface area contributed by atoms with E-state index in [2.05, 4.69) is 22.1 Å². The fraction of sp³-hybridized carbons (Fsp3) is 0.676. The molecule has 2 aliphatic carbocycles. The van der Waals surface area contributed by atoms with Crippen molar-refractivity contribution in [2.75, 3.05) is 66.3 Å². The molecule has 14 nitrogen and oxygen atoms in total. The second-order valence-corrected chi connectivity index (χ2v) is 15.8. The number of hydrogen-bond acceptors (Lipinski definition) is 11. The molecule has 0 spiro atoms. The number of primary amides is 1. The Kier molecular flexibility index (Phi) is 11.9. The van der Waals surface area contributed by atoms with Gasteiger partial charge < -0.3 is 44.4 Å². The van der Waals surface area contributed by atoms with Crippen LogP contribution in [0.25, 0.3) is 10.9 Å². The van der Waals surface area contributed by atoms with Crippen LogP contribution < -0.4 is 25.3 Å². The van der Waals surface area contributed by atoms with Crippen LogP contribution >= 0.6 is 11.6 Å². The lowest BCUT2D eigenvalue weighted by atomic mass is 9.85. The maximum atomic E-state index is 14.2. The van der Waals surface area contributed by atoms with Crippen molar-refractivity contribution in [2.24, 2.45) is 28.9 Å². The number of hydrogen-bond donors (Lipinski definition) is 2. The number of amides is 3. The number of benzene rings is 1. The van der Waals surface area contributed by atoms with E-state index in [-0.39, 0.29) is 31.6 Å². The van der Waals surface area contributed by atoms with Crippen LogP contribution in [0.15, 0.2) is 18.2 Å². The van der Waals surface area contributed by atoms with E-state index in [1.54, 1.807) is 19.2 Å². The number of fused-ring (bicyclic) bond motifs is 2. The van der Waals surface area contributed by atoms with Crippen molar-refractivity contribution in [1.82, 2.24) is 20.1 Å². The number of carbonyl (C=O) groups excluding carboxylic acids is 3. The molecule has 3 unspecified atom stereocenters. The van der Waals surface area contributed by atoms with Crippen molar-refractivity contribution in [1.29, 1.82) is 0 Å². The number of nitrogens with zero attached hydrogens (tertiary/aromatic N) is 3. The van der Waals surface area contributed by atoms with Crippen LogP contribution in [0.4, 0.5) is 4.79 Å². The first-order valence-electron chi connectivity index (χ1n) is 18.3. The zero-order valence-corrected chi connectivity index (χ0v) is 31.5. The number of nitrogens with one attached hydrogen (secondary N) is 1. The number of pyridine rings is 1. The highest BCUT2D eigenvalue weighted by atomic mass is 35.5. The highest BCUT2D eigenvalue weighted by Crippen LogP contribution is 2.57. The van der Waals surface area contributed by atoms with Crippen molar-refractivity contribution in [3.05, 3.63) is 23.2 Å². The molecule has 3 amide bonds. The highest BCUT2D eigenvalue weighted by Gasteiger charge is 2.54. The van der Waals surface area contributed by atoms with Gasteiger partial charge in [0.25, 0.3) is 0 Å². The number of ether oxygens (including phenoxy) is 6. The summed E-state index contributed by atoms with van der Waals surface area (Å²) < 4.78 is 34.8. The molecule has 0 bridgehead atoms. The summed E-state index contributed by atoms with van der Waals surface area (Å²) in [6, 6.07) is 3.31. The minimum Gasteiger partial charge on any atom is -0.491 e. The van der Waals surface area contributed by atoms with Gasteiger partial charge in [-0.05, 0) is 48.1 Å². The fourth-order valence-corrected chi connectivity index (χ4v) is 7.98. The van der Waals surface area contributed by atoms with Crippen LogP contribution in [0.1, 0.15) is 47.0 Å². The first-order valence-corrected chi connectivity index (χ1v) is 18.6. The Bertz CT molecular complexity index is 1600. The number of alkyl carbamates (subject to hydrolysis) is 1. The molecule has 3 heterocycles. The van der Waals surface area contributed by atoms with Crippen LogP contribution in [-0.4, -0.2) is 123 Å². The normalized spacial score (nSPS) is 26.5. The topological polar surface area (TPSA) is 164 Å². The van der Waals surface area contributed by atoms with Crippen LogP contribution in [0, 0.1) is 23.2 Å². The van der Waals surface area contributed by atoms with Crippen molar-refractivity contribution < 1.29 is 42.8 Å². The zero-order valence-electron chi connectivity index (χ0n) is 30.7. The van der Waals surface area contributed by atoms with Gasteiger partial charge in [0.05, 0.1) is 26.4 Å². The average molecular weight is 746 g/mol. The summed E-state index contributed by atoms with van der Waals surface area (Å²) in [5.74, 6) is 1.93. The van der Waals surface area contributed by atoms with Gasteiger partial charge in [0.2, 0.25) is 17.7 Å². The van der Waals surface area contributed by atoms with Crippen LogP contribution in [-0.2, 0) is 23.8 Å². The van der Waals surface area contributed by atoms with Crippen LogP contribution in [0.2, 0.25) is 5.02 Å². The molecule has 3 N–H and O–H groups in total. The van der Waals surface area contributed by atoms with Crippen molar-refractivity contribution in [2.45, 2.75) is 71.2 Å². The lowest BCUT2D eigenvalue weighted by Crippen LogP contribution is -2.57. The third-order valence-corrected chi connectivity index (χ3v) is 11.1. The van der Waals surface area contributed by atoms with Gasteiger partial charge in [-0.1, -0.05) is 39.3 Å². The molecule has 2 aromatic rings. The van der Waals surface area contributed by atoms with Crippen molar-refractivity contribution in [3.8, 4) is 17.4 Å². The van der Waals surface area contributed by atoms with Crippen molar-refractivity contribution in [3.63, 3.8) is 0 Å². The van der Waals surface area contributed by atoms with E-state index in [9.17, 15) is 14.4 Å². The third-order valence-electron chi connectivity index (χ3n) is 10.8. The Morgan fingerprint density at radius 3 is 2.44 bits per heavy atom. The molecule has 7 atom stereocenters. The molecule has 0 radical (unpaired) electrons. The largest absolute Gasteiger partial charge is 0.491 e. The number of aromatic nitrogens is 1. The van der Waals surface area contributed by atoms with E-state index in [0.29, 0.717) is 71.6 Å². The summed E-state index contributed by atoms with van der Waals surface area (Å²) >= 11 is 6.89. The number of morpholine rings is 1. The number of likely N-dealkylation sites (tertiary alicyclic amines) is 1. The molecule has 2 saturated carbocycles. The molecular formula is C37H52ClN5O9. The monoisotopic (exact) mass is 745 g/mol. The van der Waals surface area contributed by atoms with E-state index in [4.69, 9.17) is 45.8 Å². The summed E-state index contributed by atoms with van der Waals surface area (Å²) in [4.78, 5) is 48.3. The summed E-state index contributed by atoms with van der Waals surface area (Å²) in [5, 5.41) is 3.71. The van der Waals surface area contributed by atoms with Gasteiger partial charge in [-0.25, -0.2) is 9.78 Å². The Balaban J connectivity index is 1.18. The van der Waals surface area contributed by atoms with Gasteiger partial charge in [0.1, 0.15) is 59.5 Å². The quantitative estimate of drug-likeness (QED) is 0.272. The summed E-state index contributed by atoms with van der Waals surface area (Å²) in [7, 11) is 1.58. The third kappa shape index (κ3) is 8.78. The Hall–Kier alpha value is -3.59. The van der Waals surface area contributed by atoms with Crippen molar-refractivity contribution >= 4 is 40.4 Å². The molecule has 6 rings (SSSR count). The highest BCUT2D eigenvalue weighted by molar-refractivity contribution is 6.36. The van der Waals surface area contributed by atoms with E-state index in [0.717, 1.165) is 32.5 Å². The van der Waals surface area contributed by atoms with Gasteiger partial charge in [-0.15, -0.1) is 0 Å². The lowest BCUT2D eigenvalue weighted by molar-refractivity contribution is -0.141. The van der Waals surface area contributed by atoms with Gasteiger partial charge in [-0.3, -0.25) is 14.5 Å². The SMILES string of the molecule is COCCOc1cc(OC2C[C@@H](C(N)=O)N(C(=O)[C@@H](NC(=O)OC3C[C@@H]4C(C)[C@@H]4C3)C(C)(C)C)C2)c2ccc(OCCN3CCOCC3)c(Cl)c2n1. The molecule has 4 fully saturated rings. The maximum absolute atomic E-state index is 14.2. The van der Waals surface area contributed by atoms with E-state index in [1.807, 2.05) is 26.8 Å². The van der Waals surface area contributed by atoms with E-state index in [1.165, 1.54) is 4.90 Å². The van der Waals surface area contributed by atoms with Gasteiger partial charge >= 0.3 is 6.09 Å². The van der Waals surface area contributed by atoms with E-state index >= 15 is 0 Å². The lowest BCUT2D eigenvalue weighted by Gasteiger charge is -2.35. The molecule has 2 aliphatic heterocycles. The average Bonchev–Trinajstić information content (AvgIpc) is 3.42. The van der Waals surface area contributed by atoms with Crippen LogP contribution in [0.5, 0.6) is 17.4 Å². The number of rotatable bonds is 14. The van der Waals surface area contributed by atoms with E-state index < -0.39 is 41.5 Å². The maximum Gasteiger partial charge on any atom is 0.408 e. The molecule has 15 heteroatoms. The summed E-state index contributed by atoms with van der Waals surface area (Å²) in [5.41, 5.74) is 5.57. The predicted octanol–water partition coefficient (Wildman–Crippen LogP) is 3.64. The molecule has 286 valence electrons. The molecule has 4 aliphatic rings. The zero-order chi connectivity index (χ0) is 37.2. The number of methoxy groups -OCH3 is 1. The standard InChI is InChI=1S/C37H52ClN5O9/c1-21-25-16-22(17-26(21)25)52-36(46)41-33(37(2,3)4)35(45)43-20-23(18-27(43)34(39)44)51-29-19-30(50-15-14-47-5)40-32-24(29)6-7-28(31(32)38)49-13-10-42-8-11-48-12-9-42/h6-7,19,21-23,25-27,33H,8-18,20H2,1-5H3,(H2,39,44)(H,41,46)/t21?,22?,23?,25-,26+,27-,33+/m0/s1. The Morgan fingerprint density at radius 2 is 1.77 bits per heavy atom. The summed E-state index contributed by atoms with van der Waals surface area (Å²) in [6.45, 7) is 12.7. The molecule has 52 heavy (non-hydrogen) atoms. The number of carbonyl (C=O) groups is 3. The Morgan fingerprint density at radius 1 is 1.04 bits per heavy atom. The second kappa shape index (κ2) is 16.2. The molecular weight excluding hydrogens is 694 g/mol. The smallest absolute Gasteiger partial charge is 0.408 e. The molecule has 1 aromatic heterocycles. The number of nitrogens with two attached hydrogens (primary N) is 1. The minimum atomic E-state index is -0.974. The summed E-state index contributed by atoms with van der Waals surface area (Å²) in [6.07, 6.45) is 0.419. The predicted molar refractivity (Wildman–Crippen MR) is 193 cm³/mol. The minimum absolute atomic E-state index is 0.0553. The fourth-order valence-electron chi connectivity index (χ4n) is 7.72. The first-order chi connectivity index (χ1) is 24.8. The van der Waals surface area contributed by atoms with Gasteiger partial charge in [0.15, 0.2) is 0 Å². The molecule has 1 aromatic carbocycles. The van der Waals surface area contributed by atoms with Gasteiger partial charge in [-0.2, -0.15) is 0 Å². The van der Waals surface area contributed by atoms with Crippen LogP contribution in [0.3, 0.4) is 0 Å². The second-order valence-electron chi connectivity index (χ2n) is 15.4. The Labute approximate surface area is 309 Å². The molecule has 2 saturated heterocycles. The number of halogens is 1. The van der Waals surface area contributed by atoms with Gasteiger partial charge in [0, 0.05) is 44.6 Å².